The first-order valence-corrected chi connectivity index (χ1v) is 3.66. The molecule has 62 valence electrons. The number of hydrogen-bond acceptors (Lipinski definition) is 3. The SMILES string of the molecule is N#Cc1cc(CON)ccc1Cl. The normalized spacial score (nSPS) is 9.42. The second kappa shape index (κ2) is 4.07. The fraction of sp³-hybridized carbons (Fsp3) is 0.125. The molecule has 1 aromatic rings. The predicted octanol–water partition coefficient (Wildman–Crippen LogP) is 1.60. The second-order valence-corrected chi connectivity index (χ2v) is 2.64. The van der Waals surface area contributed by atoms with Crippen LogP contribution in [0, 0.1) is 11.3 Å². The summed E-state index contributed by atoms with van der Waals surface area (Å²) in [5.41, 5.74) is 1.27. The smallest absolute Gasteiger partial charge is 0.101 e. The first-order valence-electron chi connectivity index (χ1n) is 3.28. The summed E-state index contributed by atoms with van der Waals surface area (Å²) < 4.78 is 0. The summed E-state index contributed by atoms with van der Waals surface area (Å²) in [6, 6.07) is 7.02. The van der Waals surface area contributed by atoms with Gasteiger partial charge in [0.2, 0.25) is 0 Å². The highest BCUT2D eigenvalue weighted by Gasteiger charge is 2.00. The van der Waals surface area contributed by atoms with Crippen LogP contribution in [0.1, 0.15) is 11.1 Å². The molecule has 0 fully saturated rings. The standard InChI is InChI=1S/C8H7ClN2O/c9-8-2-1-6(5-12-11)3-7(8)4-10/h1-3H,5,11H2. The van der Waals surface area contributed by atoms with Gasteiger partial charge in [0.15, 0.2) is 0 Å². The van der Waals surface area contributed by atoms with Gasteiger partial charge in [0.1, 0.15) is 6.07 Å². The van der Waals surface area contributed by atoms with E-state index in [-0.39, 0.29) is 6.61 Å². The Labute approximate surface area is 75.3 Å². The van der Waals surface area contributed by atoms with E-state index in [2.05, 4.69) is 4.84 Å². The minimum atomic E-state index is 0.284. The van der Waals surface area contributed by atoms with Crippen molar-refractivity contribution in [3.8, 4) is 6.07 Å². The van der Waals surface area contributed by atoms with Gasteiger partial charge in [0, 0.05) is 0 Å². The molecule has 0 bridgehead atoms. The summed E-state index contributed by atoms with van der Waals surface area (Å²) in [6.45, 7) is 0.284. The van der Waals surface area contributed by atoms with Crippen LogP contribution < -0.4 is 5.90 Å². The van der Waals surface area contributed by atoms with E-state index >= 15 is 0 Å². The van der Waals surface area contributed by atoms with E-state index in [0.717, 1.165) is 5.56 Å². The van der Waals surface area contributed by atoms with Crippen LogP contribution in [-0.2, 0) is 11.4 Å². The summed E-state index contributed by atoms with van der Waals surface area (Å²) in [6.07, 6.45) is 0. The molecule has 0 aliphatic rings. The van der Waals surface area contributed by atoms with Crippen LogP contribution in [0.15, 0.2) is 18.2 Å². The molecule has 1 rings (SSSR count). The number of halogens is 1. The van der Waals surface area contributed by atoms with Crippen LogP contribution in [0.5, 0.6) is 0 Å². The van der Waals surface area contributed by atoms with E-state index in [4.69, 9.17) is 22.8 Å². The summed E-state index contributed by atoms with van der Waals surface area (Å²) >= 11 is 5.70. The quantitative estimate of drug-likeness (QED) is 0.707. The number of rotatable bonds is 2. The molecule has 0 radical (unpaired) electrons. The zero-order valence-corrected chi connectivity index (χ0v) is 7.01. The average Bonchev–Trinajstić information content (AvgIpc) is 2.09. The first-order chi connectivity index (χ1) is 5.77. The number of nitrogens with two attached hydrogens (primary N) is 1. The third kappa shape index (κ3) is 1.95. The summed E-state index contributed by atoms with van der Waals surface area (Å²) in [5, 5.41) is 9.05. The maximum atomic E-state index is 8.60. The third-order valence-electron chi connectivity index (χ3n) is 1.40. The van der Waals surface area contributed by atoms with Gasteiger partial charge in [0.05, 0.1) is 17.2 Å². The maximum absolute atomic E-state index is 8.60. The van der Waals surface area contributed by atoms with Crippen LogP contribution in [-0.4, -0.2) is 0 Å². The summed E-state index contributed by atoms with van der Waals surface area (Å²) in [5.74, 6) is 4.87. The van der Waals surface area contributed by atoms with Gasteiger partial charge in [-0.15, -0.1) is 0 Å². The van der Waals surface area contributed by atoms with Crippen LogP contribution >= 0.6 is 11.6 Å². The maximum Gasteiger partial charge on any atom is 0.101 e. The largest absolute Gasteiger partial charge is 0.300 e. The lowest BCUT2D eigenvalue weighted by molar-refractivity contribution is 0.124. The lowest BCUT2D eigenvalue weighted by Crippen LogP contribution is -1.98. The minimum Gasteiger partial charge on any atom is -0.300 e. The monoisotopic (exact) mass is 182 g/mol. The molecule has 0 saturated heterocycles. The molecule has 0 aromatic heterocycles. The third-order valence-corrected chi connectivity index (χ3v) is 1.73. The molecule has 12 heavy (non-hydrogen) atoms. The highest BCUT2D eigenvalue weighted by atomic mass is 35.5. The van der Waals surface area contributed by atoms with Gasteiger partial charge in [-0.05, 0) is 17.7 Å². The molecular formula is C8H7ClN2O. The molecule has 3 nitrogen and oxygen atoms in total. The van der Waals surface area contributed by atoms with Gasteiger partial charge < -0.3 is 0 Å². The van der Waals surface area contributed by atoms with Crippen LogP contribution in [0.2, 0.25) is 5.02 Å². The predicted molar refractivity (Wildman–Crippen MR) is 45.1 cm³/mol. The molecule has 0 unspecified atom stereocenters. The molecule has 0 atom stereocenters. The van der Waals surface area contributed by atoms with Gasteiger partial charge in [-0.25, -0.2) is 5.90 Å². The fourth-order valence-electron chi connectivity index (χ4n) is 0.844. The average molecular weight is 183 g/mol. The Balaban J connectivity index is 2.99. The van der Waals surface area contributed by atoms with E-state index in [0.29, 0.717) is 10.6 Å². The number of nitriles is 1. The Morgan fingerprint density at radius 2 is 2.33 bits per heavy atom. The summed E-state index contributed by atoms with van der Waals surface area (Å²) in [4.78, 5) is 4.41. The fourth-order valence-corrected chi connectivity index (χ4v) is 1.00. The number of hydrogen-bond donors (Lipinski definition) is 1. The first kappa shape index (κ1) is 9.01. The lowest BCUT2D eigenvalue weighted by Gasteiger charge is -1.99. The van der Waals surface area contributed by atoms with Crippen molar-refractivity contribution in [2.24, 2.45) is 5.90 Å². The van der Waals surface area contributed by atoms with Crippen LogP contribution in [0.25, 0.3) is 0 Å². The molecule has 0 spiro atoms. The Kier molecular flexibility index (Phi) is 3.06. The topological polar surface area (TPSA) is 59.0 Å². The molecule has 0 aliphatic heterocycles. The van der Waals surface area contributed by atoms with Gasteiger partial charge in [-0.2, -0.15) is 5.26 Å². The van der Waals surface area contributed by atoms with Gasteiger partial charge in [-0.1, -0.05) is 17.7 Å². The molecule has 2 N–H and O–H groups in total. The molecular weight excluding hydrogens is 176 g/mol. The lowest BCUT2D eigenvalue weighted by atomic mass is 10.1. The molecule has 0 amide bonds. The molecule has 4 heteroatoms. The van der Waals surface area contributed by atoms with E-state index in [1.807, 2.05) is 6.07 Å². The Morgan fingerprint density at radius 3 is 2.92 bits per heavy atom. The second-order valence-electron chi connectivity index (χ2n) is 2.24. The van der Waals surface area contributed by atoms with Gasteiger partial charge in [-0.3, -0.25) is 4.84 Å². The van der Waals surface area contributed by atoms with Crippen LogP contribution in [0.3, 0.4) is 0 Å². The van der Waals surface area contributed by atoms with Crippen molar-refractivity contribution in [2.75, 3.05) is 0 Å². The van der Waals surface area contributed by atoms with E-state index < -0.39 is 0 Å². The van der Waals surface area contributed by atoms with Crippen molar-refractivity contribution in [1.29, 1.82) is 5.26 Å². The molecule has 0 heterocycles. The summed E-state index contributed by atoms with van der Waals surface area (Å²) in [7, 11) is 0. The van der Waals surface area contributed by atoms with Gasteiger partial charge >= 0.3 is 0 Å². The zero-order chi connectivity index (χ0) is 8.97. The zero-order valence-electron chi connectivity index (χ0n) is 6.25. The van der Waals surface area contributed by atoms with Crippen molar-refractivity contribution in [3.05, 3.63) is 34.3 Å². The highest BCUT2D eigenvalue weighted by molar-refractivity contribution is 6.31. The Hall–Kier alpha value is -1.08. The van der Waals surface area contributed by atoms with E-state index in [1.165, 1.54) is 0 Å². The van der Waals surface area contributed by atoms with Crippen LogP contribution in [0.4, 0.5) is 0 Å². The van der Waals surface area contributed by atoms with Crippen molar-refractivity contribution >= 4 is 11.6 Å². The van der Waals surface area contributed by atoms with Gasteiger partial charge in [0.25, 0.3) is 0 Å². The van der Waals surface area contributed by atoms with Crippen molar-refractivity contribution in [2.45, 2.75) is 6.61 Å². The van der Waals surface area contributed by atoms with E-state index in [1.54, 1.807) is 18.2 Å². The molecule has 0 aliphatic carbocycles. The number of nitrogens with zero attached hydrogens (tertiary/aromatic N) is 1. The Bertz CT molecular complexity index is 319. The molecule has 1 aromatic carbocycles. The van der Waals surface area contributed by atoms with Crippen molar-refractivity contribution in [3.63, 3.8) is 0 Å². The number of benzene rings is 1. The highest BCUT2D eigenvalue weighted by Crippen LogP contribution is 2.16. The Morgan fingerprint density at radius 1 is 1.58 bits per heavy atom. The van der Waals surface area contributed by atoms with E-state index in [9.17, 15) is 0 Å². The van der Waals surface area contributed by atoms with Crippen molar-refractivity contribution in [1.82, 2.24) is 0 Å². The minimum absolute atomic E-state index is 0.284. The molecule has 0 saturated carbocycles. The van der Waals surface area contributed by atoms with Crippen molar-refractivity contribution < 1.29 is 4.84 Å².